The van der Waals surface area contributed by atoms with Gasteiger partial charge in [0.25, 0.3) is 0 Å². The number of carbonyl (C=O) groups excluding carboxylic acids is 1. The molecule has 0 spiro atoms. The van der Waals surface area contributed by atoms with E-state index < -0.39 is 27.8 Å². The van der Waals surface area contributed by atoms with Crippen LogP contribution in [0.2, 0.25) is 0 Å². The molecule has 0 aromatic heterocycles. The number of allylic oxidation sites excluding steroid dienone is 2. The number of amides is 1. The molecule has 8 heteroatoms. The molecule has 156 valence electrons. The summed E-state index contributed by atoms with van der Waals surface area (Å²) in [5.74, 6) is -2.17. The van der Waals surface area contributed by atoms with Gasteiger partial charge in [-0.2, -0.15) is 4.31 Å². The minimum absolute atomic E-state index is 0.0535. The van der Waals surface area contributed by atoms with Gasteiger partial charge in [-0.25, -0.2) is 8.42 Å². The van der Waals surface area contributed by atoms with Gasteiger partial charge in [-0.1, -0.05) is 19.1 Å². The van der Waals surface area contributed by atoms with Crippen LogP contribution in [0.3, 0.4) is 0 Å². The lowest BCUT2D eigenvalue weighted by molar-refractivity contribution is -0.146. The Morgan fingerprint density at radius 3 is 2.21 bits per heavy atom. The Labute approximate surface area is 170 Å². The zero-order valence-electron chi connectivity index (χ0n) is 16.3. The highest BCUT2D eigenvalue weighted by Gasteiger charge is 2.51. The van der Waals surface area contributed by atoms with Gasteiger partial charge in [-0.3, -0.25) is 9.59 Å². The van der Waals surface area contributed by atoms with E-state index in [2.05, 4.69) is 12.2 Å². The highest BCUT2D eigenvalue weighted by atomic mass is 32.2. The highest BCUT2D eigenvalue weighted by molar-refractivity contribution is 7.89. The van der Waals surface area contributed by atoms with Gasteiger partial charge < -0.3 is 10.4 Å². The van der Waals surface area contributed by atoms with E-state index in [9.17, 15) is 23.1 Å². The van der Waals surface area contributed by atoms with Crippen LogP contribution in [0.15, 0.2) is 41.3 Å². The smallest absolute Gasteiger partial charge is 0.307 e. The molecule has 4 rings (SSSR count). The number of benzene rings is 1. The van der Waals surface area contributed by atoms with Gasteiger partial charge in [0, 0.05) is 18.8 Å². The summed E-state index contributed by atoms with van der Waals surface area (Å²) < 4.78 is 27.1. The molecule has 2 N–H and O–H groups in total. The number of rotatable bonds is 5. The molecule has 1 amide bonds. The van der Waals surface area contributed by atoms with Crippen LogP contribution in [0.4, 0.5) is 5.69 Å². The molecule has 1 saturated heterocycles. The molecule has 7 nitrogen and oxygen atoms in total. The number of aliphatic carboxylic acids is 1. The van der Waals surface area contributed by atoms with Gasteiger partial charge in [0.05, 0.1) is 16.7 Å². The molecule has 1 saturated carbocycles. The van der Waals surface area contributed by atoms with Crippen LogP contribution in [0.5, 0.6) is 0 Å². The van der Waals surface area contributed by atoms with Gasteiger partial charge >= 0.3 is 5.97 Å². The Hall–Kier alpha value is -2.19. The van der Waals surface area contributed by atoms with E-state index in [1.54, 1.807) is 12.1 Å². The van der Waals surface area contributed by atoms with E-state index in [1.165, 1.54) is 16.4 Å². The van der Waals surface area contributed by atoms with E-state index in [0.29, 0.717) is 31.1 Å². The van der Waals surface area contributed by atoms with Crippen LogP contribution >= 0.6 is 0 Å². The maximum absolute atomic E-state index is 12.8. The van der Waals surface area contributed by atoms with Crippen molar-refractivity contribution in [2.75, 3.05) is 18.4 Å². The lowest BCUT2D eigenvalue weighted by Crippen LogP contribution is -2.37. The van der Waals surface area contributed by atoms with E-state index in [-0.39, 0.29) is 22.6 Å². The SMILES string of the molecule is CC1CCN(S(=O)(=O)c2ccc(NC(=O)[C@H]3[C@@H](C(=O)O)[C@H]4C=C[C@@H]3C4)cc2)CC1. The molecular weight excluding hydrogens is 392 g/mol. The summed E-state index contributed by atoms with van der Waals surface area (Å²) in [6.07, 6.45) is 6.24. The third-order valence-corrected chi connectivity index (χ3v) is 8.46. The lowest BCUT2D eigenvalue weighted by Gasteiger charge is -2.29. The molecule has 1 aromatic rings. The molecule has 2 fully saturated rings. The first-order valence-corrected chi connectivity index (χ1v) is 11.5. The highest BCUT2D eigenvalue weighted by Crippen LogP contribution is 2.48. The number of hydrogen-bond donors (Lipinski definition) is 2. The lowest BCUT2D eigenvalue weighted by atomic mass is 9.82. The molecule has 2 bridgehead atoms. The minimum Gasteiger partial charge on any atom is -0.481 e. The molecule has 0 unspecified atom stereocenters. The largest absolute Gasteiger partial charge is 0.481 e. The van der Waals surface area contributed by atoms with Crippen molar-refractivity contribution in [3.05, 3.63) is 36.4 Å². The first-order valence-electron chi connectivity index (χ1n) is 10.1. The number of hydrogen-bond acceptors (Lipinski definition) is 4. The summed E-state index contributed by atoms with van der Waals surface area (Å²) in [4.78, 5) is 24.5. The second-order valence-corrected chi connectivity index (χ2v) is 10.4. The van der Waals surface area contributed by atoms with Crippen molar-refractivity contribution in [3.63, 3.8) is 0 Å². The van der Waals surface area contributed by atoms with Crippen LogP contribution in [-0.4, -0.2) is 42.8 Å². The average molecular weight is 419 g/mol. The average Bonchev–Trinajstić information content (AvgIpc) is 3.30. The second-order valence-electron chi connectivity index (χ2n) is 8.44. The van der Waals surface area contributed by atoms with Crippen molar-refractivity contribution < 1.29 is 23.1 Å². The van der Waals surface area contributed by atoms with Gasteiger partial charge in [0.1, 0.15) is 0 Å². The topological polar surface area (TPSA) is 104 Å². The summed E-state index contributed by atoms with van der Waals surface area (Å²) >= 11 is 0. The normalized spacial score (nSPS) is 29.8. The van der Waals surface area contributed by atoms with Gasteiger partial charge in [-0.15, -0.1) is 0 Å². The van der Waals surface area contributed by atoms with Crippen LogP contribution in [0, 0.1) is 29.6 Å². The monoisotopic (exact) mass is 418 g/mol. The quantitative estimate of drug-likeness (QED) is 0.716. The Morgan fingerprint density at radius 2 is 1.62 bits per heavy atom. The standard InChI is InChI=1S/C21H26N2O5S/c1-13-8-10-23(11-9-13)29(27,28)17-6-4-16(5-7-17)22-20(24)18-14-2-3-15(12-14)19(18)21(25)26/h2-7,13-15,18-19H,8-12H2,1H3,(H,22,24)(H,25,26)/t14-,15+,18-,19+/m1/s1. The number of nitrogens with one attached hydrogen (secondary N) is 1. The molecule has 0 radical (unpaired) electrons. The first-order chi connectivity index (χ1) is 13.8. The zero-order chi connectivity index (χ0) is 20.8. The Kier molecular flexibility index (Phi) is 5.25. The van der Waals surface area contributed by atoms with E-state index in [1.807, 2.05) is 12.2 Å². The summed E-state index contributed by atoms with van der Waals surface area (Å²) in [7, 11) is -3.54. The number of carboxylic acids is 1. The predicted octanol–water partition coefficient (Wildman–Crippen LogP) is 2.57. The number of piperidine rings is 1. The third kappa shape index (κ3) is 3.71. The van der Waals surface area contributed by atoms with Gasteiger partial charge in [0.15, 0.2) is 0 Å². The van der Waals surface area contributed by atoms with E-state index in [0.717, 1.165) is 12.8 Å². The fraction of sp³-hybridized carbons (Fsp3) is 0.524. The first kappa shape index (κ1) is 20.1. The van der Waals surface area contributed by atoms with Crippen LogP contribution in [0.1, 0.15) is 26.2 Å². The number of carboxylic acid groups (broad SMARTS) is 1. The second kappa shape index (κ2) is 7.57. The molecular formula is C21H26N2O5S. The van der Waals surface area contributed by atoms with Crippen LogP contribution < -0.4 is 5.32 Å². The molecule has 29 heavy (non-hydrogen) atoms. The molecule has 2 aliphatic carbocycles. The Bertz CT molecular complexity index is 932. The molecule has 1 heterocycles. The maximum atomic E-state index is 12.8. The van der Waals surface area contributed by atoms with Crippen molar-refractivity contribution in [2.45, 2.75) is 31.1 Å². The van der Waals surface area contributed by atoms with Crippen molar-refractivity contribution in [1.29, 1.82) is 0 Å². The number of nitrogens with zero attached hydrogens (tertiary/aromatic N) is 1. The van der Waals surface area contributed by atoms with Gasteiger partial charge in [-0.05, 0) is 61.3 Å². The minimum atomic E-state index is -3.54. The predicted molar refractivity (Wildman–Crippen MR) is 108 cm³/mol. The fourth-order valence-electron chi connectivity index (χ4n) is 4.83. The molecule has 3 aliphatic rings. The number of fused-ring (bicyclic) bond motifs is 2. The van der Waals surface area contributed by atoms with Crippen molar-refractivity contribution in [3.8, 4) is 0 Å². The molecule has 4 atom stereocenters. The molecule has 1 aliphatic heterocycles. The number of carbonyl (C=O) groups is 2. The summed E-state index contributed by atoms with van der Waals surface area (Å²) in [6.45, 7) is 3.18. The van der Waals surface area contributed by atoms with Crippen molar-refractivity contribution in [2.24, 2.45) is 29.6 Å². The molecule has 1 aromatic carbocycles. The fourth-order valence-corrected chi connectivity index (χ4v) is 6.30. The van der Waals surface area contributed by atoms with E-state index in [4.69, 9.17) is 0 Å². The van der Waals surface area contributed by atoms with Crippen molar-refractivity contribution in [1.82, 2.24) is 4.31 Å². The van der Waals surface area contributed by atoms with E-state index >= 15 is 0 Å². The van der Waals surface area contributed by atoms with Gasteiger partial charge in [0.2, 0.25) is 15.9 Å². The zero-order valence-corrected chi connectivity index (χ0v) is 17.1. The number of anilines is 1. The third-order valence-electron chi connectivity index (χ3n) is 6.55. The Balaban J connectivity index is 1.45. The maximum Gasteiger partial charge on any atom is 0.307 e. The van der Waals surface area contributed by atoms with Crippen LogP contribution in [-0.2, 0) is 19.6 Å². The summed E-state index contributed by atoms with van der Waals surface area (Å²) in [6, 6.07) is 6.13. The summed E-state index contributed by atoms with van der Waals surface area (Å²) in [5, 5.41) is 12.3. The Morgan fingerprint density at radius 1 is 1.03 bits per heavy atom. The summed E-state index contributed by atoms with van der Waals surface area (Å²) in [5.41, 5.74) is 0.470. The van der Waals surface area contributed by atoms with Crippen LogP contribution in [0.25, 0.3) is 0 Å². The van der Waals surface area contributed by atoms with Crippen molar-refractivity contribution >= 4 is 27.6 Å². The number of sulfonamides is 1.